The first-order valence-electron chi connectivity index (χ1n) is 9.40. The van der Waals surface area contributed by atoms with Crippen LogP contribution in [0.25, 0.3) is 0 Å². The monoisotopic (exact) mass is 486 g/mol. The molecule has 13 heteroatoms. The van der Waals surface area contributed by atoms with Gasteiger partial charge < -0.3 is 14.2 Å². The summed E-state index contributed by atoms with van der Waals surface area (Å²) in [7, 11) is -6.02. The lowest BCUT2D eigenvalue weighted by atomic mass is 10.2. The van der Waals surface area contributed by atoms with Crippen molar-refractivity contribution in [3.05, 3.63) is 52.6 Å². The first-order valence-corrected chi connectivity index (χ1v) is 12.9. The molecular weight excluding hydrogens is 464 g/mol. The number of sulfone groups is 1. The van der Waals surface area contributed by atoms with Gasteiger partial charge in [0.15, 0.2) is 15.6 Å². The molecule has 1 aliphatic rings. The standard InChI is InChI=1S/C19H22N2O9S2/c1-20(31(2,24)25)18-8-3-14(21(22)23)11-19(18)30-15-4-6-17(7-5-15)32(26,27)13-16-12-28-9-10-29-16/h3-8,11,16H,9-10,12-13H2,1-2H3. The van der Waals surface area contributed by atoms with Crippen LogP contribution in [0.5, 0.6) is 11.5 Å². The van der Waals surface area contributed by atoms with Crippen LogP contribution in [0.2, 0.25) is 0 Å². The van der Waals surface area contributed by atoms with E-state index in [-0.39, 0.29) is 40.1 Å². The van der Waals surface area contributed by atoms with Gasteiger partial charge in [0.2, 0.25) is 10.0 Å². The summed E-state index contributed by atoms with van der Waals surface area (Å²) in [6.45, 7) is 0.959. The van der Waals surface area contributed by atoms with Gasteiger partial charge in [-0.1, -0.05) is 0 Å². The molecule has 1 aliphatic heterocycles. The summed E-state index contributed by atoms with van der Waals surface area (Å²) in [5.41, 5.74) is -0.205. The molecule has 0 saturated carbocycles. The maximum atomic E-state index is 12.6. The number of hydrogen-bond donors (Lipinski definition) is 0. The Kier molecular flexibility index (Phi) is 7.03. The summed E-state index contributed by atoms with van der Waals surface area (Å²) in [5.74, 6) is -0.137. The number of anilines is 1. The summed E-state index contributed by atoms with van der Waals surface area (Å²) >= 11 is 0. The highest BCUT2D eigenvalue weighted by Gasteiger charge is 2.25. The number of nitro benzene ring substituents is 1. The number of non-ortho nitro benzene ring substituents is 1. The molecule has 1 saturated heterocycles. The SMILES string of the molecule is CN(c1ccc([N+](=O)[O-])cc1Oc1ccc(S(=O)(=O)CC2COCCO2)cc1)S(C)(=O)=O. The lowest BCUT2D eigenvalue weighted by molar-refractivity contribution is -0.384. The van der Waals surface area contributed by atoms with E-state index in [9.17, 15) is 26.9 Å². The average molecular weight is 487 g/mol. The van der Waals surface area contributed by atoms with Crippen molar-refractivity contribution >= 4 is 31.2 Å². The van der Waals surface area contributed by atoms with Gasteiger partial charge in [-0.3, -0.25) is 14.4 Å². The van der Waals surface area contributed by atoms with Crippen molar-refractivity contribution in [3.63, 3.8) is 0 Å². The third-order valence-electron chi connectivity index (χ3n) is 4.69. The average Bonchev–Trinajstić information content (AvgIpc) is 2.73. The number of sulfonamides is 1. The van der Waals surface area contributed by atoms with Crippen molar-refractivity contribution in [1.29, 1.82) is 0 Å². The van der Waals surface area contributed by atoms with Crippen LogP contribution in [0.1, 0.15) is 0 Å². The summed E-state index contributed by atoms with van der Waals surface area (Å²) in [4.78, 5) is 10.5. The third kappa shape index (κ3) is 5.73. The highest BCUT2D eigenvalue weighted by Crippen LogP contribution is 2.36. The van der Waals surface area contributed by atoms with Gasteiger partial charge in [-0.15, -0.1) is 0 Å². The molecule has 0 amide bonds. The Morgan fingerprint density at radius 1 is 1.12 bits per heavy atom. The van der Waals surface area contributed by atoms with E-state index < -0.39 is 30.9 Å². The summed E-state index contributed by atoms with van der Waals surface area (Å²) in [6.07, 6.45) is 0.433. The van der Waals surface area contributed by atoms with E-state index in [0.717, 1.165) is 22.7 Å². The van der Waals surface area contributed by atoms with E-state index in [1.165, 1.54) is 37.4 Å². The van der Waals surface area contributed by atoms with Crippen LogP contribution in [-0.4, -0.2) is 66.7 Å². The van der Waals surface area contributed by atoms with Crippen LogP contribution in [0.3, 0.4) is 0 Å². The molecule has 0 bridgehead atoms. The fourth-order valence-corrected chi connectivity index (χ4v) is 4.89. The van der Waals surface area contributed by atoms with Gasteiger partial charge in [-0.25, -0.2) is 16.8 Å². The molecule has 1 atom stereocenters. The van der Waals surface area contributed by atoms with Crippen molar-refractivity contribution in [2.24, 2.45) is 0 Å². The summed E-state index contributed by atoms with van der Waals surface area (Å²) < 4.78 is 66.3. The second kappa shape index (κ2) is 9.40. The fourth-order valence-electron chi connectivity index (χ4n) is 2.95. The van der Waals surface area contributed by atoms with Crippen LogP contribution >= 0.6 is 0 Å². The molecule has 0 spiro atoms. The quantitative estimate of drug-likeness (QED) is 0.404. The minimum atomic E-state index is -3.66. The van der Waals surface area contributed by atoms with Crippen LogP contribution < -0.4 is 9.04 Å². The number of hydrogen-bond acceptors (Lipinski definition) is 9. The zero-order chi connectivity index (χ0) is 23.5. The largest absolute Gasteiger partial charge is 0.455 e. The predicted molar refractivity (Wildman–Crippen MR) is 115 cm³/mol. The first-order chi connectivity index (χ1) is 15.0. The Balaban J connectivity index is 1.85. The molecule has 11 nitrogen and oxygen atoms in total. The van der Waals surface area contributed by atoms with Crippen LogP contribution in [0.15, 0.2) is 47.4 Å². The van der Waals surface area contributed by atoms with Crippen LogP contribution in [0.4, 0.5) is 11.4 Å². The molecule has 1 heterocycles. The van der Waals surface area contributed by atoms with Crippen LogP contribution in [-0.2, 0) is 29.3 Å². The molecule has 3 rings (SSSR count). The maximum absolute atomic E-state index is 12.6. The number of nitrogens with zero attached hydrogens (tertiary/aromatic N) is 2. The lowest BCUT2D eigenvalue weighted by Gasteiger charge is -2.22. The van der Waals surface area contributed by atoms with Crippen LogP contribution in [0, 0.1) is 10.1 Å². The fraction of sp³-hybridized carbons (Fsp3) is 0.368. The molecular formula is C19H22N2O9S2. The summed E-state index contributed by atoms with van der Waals surface area (Å²) in [6, 6.07) is 8.97. The number of ether oxygens (including phenoxy) is 3. The minimum Gasteiger partial charge on any atom is -0.455 e. The van der Waals surface area contributed by atoms with Gasteiger partial charge >= 0.3 is 0 Å². The Morgan fingerprint density at radius 2 is 1.81 bits per heavy atom. The Labute approximate surface area is 185 Å². The summed E-state index contributed by atoms with van der Waals surface area (Å²) in [5, 5.41) is 11.1. The van der Waals surface area contributed by atoms with E-state index in [4.69, 9.17) is 14.2 Å². The second-order valence-electron chi connectivity index (χ2n) is 7.06. The maximum Gasteiger partial charge on any atom is 0.273 e. The second-order valence-corrected chi connectivity index (χ2v) is 11.1. The van der Waals surface area contributed by atoms with E-state index in [1.54, 1.807) is 0 Å². The van der Waals surface area contributed by atoms with Crippen molar-refractivity contribution in [2.75, 3.05) is 43.2 Å². The van der Waals surface area contributed by atoms with Crippen molar-refractivity contribution in [2.45, 2.75) is 11.0 Å². The van der Waals surface area contributed by atoms with Crippen molar-refractivity contribution in [1.82, 2.24) is 0 Å². The Hall–Kier alpha value is -2.74. The minimum absolute atomic E-state index is 0.0477. The molecule has 0 radical (unpaired) electrons. The third-order valence-corrected chi connectivity index (χ3v) is 7.68. The van der Waals surface area contributed by atoms with E-state index in [2.05, 4.69) is 0 Å². The van der Waals surface area contributed by atoms with Gasteiger partial charge in [0.05, 0.1) is 59.5 Å². The normalized spacial score (nSPS) is 17.0. The van der Waals surface area contributed by atoms with Gasteiger partial charge in [0.1, 0.15) is 5.75 Å². The molecule has 2 aromatic carbocycles. The number of rotatable bonds is 8. The number of nitro groups is 1. The van der Waals surface area contributed by atoms with E-state index in [1.807, 2.05) is 0 Å². The van der Waals surface area contributed by atoms with Crippen molar-refractivity contribution < 1.29 is 36.0 Å². The van der Waals surface area contributed by atoms with E-state index in [0.29, 0.717) is 13.2 Å². The molecule has 0 aromatic heterocycles. The topological polar surface area (TPSA) is 142 Å². The number of benzene rings is 2. The lowest BCUT2D eigenvalue weighted by Crippen LogP contribution is -2.34. The highest BCUT2D eigenvalue weighted by molar-refractivity contribution is 7.92. The van der Waals surface area contributed by atoms with Gasteiger partial charge in [-0.05, 0) is 30.3 Å². The molecule has 1 unspecified atom stereocenters. The molecule has 0 N–H and O–H groups in total. The Bertz CT molecular complexity index is 1190. The van der Waals surface area contributed by atoms with Gasteiger partial charge in [-0.2, -0.15) is 0 Å². The molecule has 0 aliphatic carbocycles. The van der Waals surface area contributed by atoms with Gasteiger partial charge in [0, 0.05) is 13.1 Å². The zero-order valence-corrected chi connectivity index (χ0v) is 19.0. The highest BCUT2D eigenvalue weighted by atomic mass is 32.2. The Morgan fingerprint density at radius 3 is 2.38 bits per heavy atom. The zero-order valence-electron chi connectivity index (χ0n) is 17.3. The molecule has 1 fully saturated rings. The smallest absolute Gasteiger partial charge is 0.273 e. The molecule has 2 aromatic rings. The van der Waals surface area contributed by atoms with Gasteiger partial charge in [0.25, 0.3) is 5.69 Å². The first kappa shape index (κ1) is 23.9. The molecule has 174 valence electrons. The van der Waals surface area contributed by atoms with E-state index >= 15 is 0 Å². The predicted octanol–water partition coefficient (Wildman–Crippen LogP) is 1.97. The molecule has 32 heavy (non-hydrogen) atoms. The van der Waals surface area contributed by atoms with Crippen molar-refractivity contribution in [3.8, 4) is 11.5 Å².